The first kappa shape index (κ1) is 12.6. The van der Waals surface area contributed by atoms with Gasteiger partial charge >= 0.3 is 0 Å². The molecule has 0 saturated carbocycles. The first-order valence-corrected chi connectivity index (χ1v) is 7.79. The van der Waals surface area contributed by atoms with Gasteiger partial charge in [0.1, 0.15) is 11.5 Å². The van der Waals surface area contributed by atoms with Crippen LogP contribution in [0.15, 0.2) is 10.6 Å². The molecule has 2 rings (SSSR count). The van der Waals surface area contributed by atoms with E-state index in [4.69, 9.17) is 4.52 Å². The van der Waals surface area contributed by atoms with Crippen molar-refractivity contribution in [2.75, 3.05) is 12.8 Å². The maximum atomic E-state index is 11.6. The summed E-state index contributed by atoms with van der Waals surface area (Å²) in [5.74, 6) is 0.836. The molecule has 0 unspecified atom stereocenters. The van der Waals surface area contributed by atoms with Gasteiger partial charge in [0, 0.05) is 19.0 Å². The van der Waals surface area contributed by atoms with Crippen LogP contribution in [0, 0.1) is 0 Å². The third-order valence-corrected chi connectivity index (χ3v) is 4.33. The Balaban J connectivity index is 2.20. The van der Waals surface area contributed by atoms with Gasteiger partial charge < -0.3 is 4.52 Å². The van der Waals surface area contributed by atoms with Crippen LogP contribution in [0.2, 0.25) is 0 Å². The molecular weight excluding hydrogens is 240 g/mol. The summed E-state index contributed by atoms with van der Waals surface area (Å²) in [7, 11) is -3.15. The number of nitrogens with zero attached hydrogens (tertiary/aromatic N) is 2. The minimum atomic E-state index is -3.15. The van der Waals surface area contributed by atoms with Gasteiger partial charge in [-0.15, -0.1) is 0 Å². The van der Waals surface area contributed by atoms with Gasteiger partial charge in [-0.2, -0.15) is 4.31 Å². The molecule has 1 aliphatic heterocycles. The molecule has 5 nitrogen and oxygen atoms in total. The van der Waals surface area contributed by atoms with E-state index in [0.717, 1.165) is 37.1 Å². The second kappa shape index (κ2) is 4.78. The van der Waals surface area contributed by atoms with Crippen LogP contribution in [0.25, 0.3) is 0 Å². The number of aryl methyl sites for hydroxylation is 1. The van der Waals surface area contributed by atoms with Crippen LogP contribution in [0.4, 0.5) is 0 Å². The van der Waals surface area contributed by atoms with Crippen LogP contribution < -0.4 is 0 Å². The molecule has 6 heteroatoms. The molecule has 0 aromatic carbocycles. The number of aromatic nitrogens is 1. The normalized spacial score (nSPS) is 22.1. The van der Waals surface area contributed by atoms with Crippen LogP contribution in [0.3, 0.4) is 0 Å². The summed E-state index contributed by atoms with van der Waals surface area (Å²) in [4.78, 5) is 0. The highest BCUT2D eigenvalue weighted by atomic mass is 32.2. The highest BCUT2D eigenvalue weighted by molar-refractivity contribution is 7.88. The fraction of sp³-hybridized carbons (Fsp3) is 0.727. The lowest BCUT2D eigenvalue weighted by atomic mass is 10.1. The van der Waals surface area contributed by atoms with Crippen molar-refractivity contribution in [2.24, 2.45) is 0 Å². The van der Waals surface area contributed by atoms with E-state index < -0.39 is 10.0 Å². The van der Waals surface area contributed by atoms with E-state index in [1.165, 1.54) is 10.6 Å². The van der Waals surface area contributed by atoms with E-state index in [1.54, 1.807) is 0 Å². The van der Waals surface area contributed by atoms with E-state index in [1.807, 2.05) is 6.07 Å². The first-order chi connectivity index (χ1) is 8.02. The molecule has 1 aromatic rings. The Bertz CT molecular complexity index is 481. The predicted molar refractivity (Wildman–Crippen MR) is 64.0 cm³/mol. The Morgan fingerprint density at radius 2 is 2.35 bits per heavy atom. The van der Waals surface area contributed by atoms with E-state index in [0.29, 0.717) is 6.54 Å². The molecule has 0 N–H and O–H groups in total. The Kier molecular flexibility index (Phi) is 3.53. The van der Waals surface area contributed by atoms with Gasteiger partial charge in [0.15, 0.2) is 0 Å². The molecule has 2 heterocycles. The van der Waals surface area contributed by atoms with Crippen LogP contribution >= 0.6 is 0 Å². The Morgan fingerprint density at radius 1 is 1.59 bits per heavy atom. The molecule has 0 amide bonds. The fourth-order valence-corrected chi connectivity index (χ4v) is 3.42. The van der Waals surface area contributed by atoms with Gasteiger partial charge in [0.05, 0.1) is 12.3 Å². The van der Waals surface area contributed by atoms with Gasteiger partial charge in [-0.3, -0.25) is 0 Å². The van der Waals surface area contributed by atoms with E-state index >= 15 is 0 Å². The molecule has 1 saturated heterocycles. The Hall–Kier alpha value is -0.880. The summed E-state index contributed by atoms with van der Waals surface area (Å²) in [6.45, 7) is 2.65. The molecule has 17 heavy (non-hydrogen) atoms. The summed E-state index contributed by atoms with van der Waals surface area (Å²) < 4.78 is 30.0. The monoisotopic (exact) mass is 258 g/mol. The predicted octanol–water partition coefficient (Wildman–Crippen LogP) is 1.72. The first-order valence-electron chi connectivity index (χ1n) is 5.94. The SMILES string of the molecule is CCCc1cc([C@H]2CCCN2S(C)(=O)=O)no1. The summed E-state index contributed by atoms with van der Waals surface area (Å²) in [5, 5.41) is 4.00. The largest absolute Gasteiger partial charge is 0.361 e. The third kappa shape index (κ3) is 2.69. The van der Waals surface area contributed by atoms with Crippen LogP contribution in [-0.2, 0) is 16.4 Å². The van der Waals surface area contributed by atoms with Crippen LogP contribution in [0.1, 0.15) is 43.7 Å². The van der Waals surface area contributed by atoms with Crippen molar-refractivity contribution in [3.8, 4) is 0 Å². The quantitative estimate of drug-likeness (QED) is 0.825. The summed E-state index contributed by atoms with van der Waals surface area (Å²) in [5.41, 5.74) is 0.747. The minimum Gasteiger partial charge on any atom is -0.361 e. The highest BCUT2D eigenvalue weighted by Gasteiger charge is 2.34. The summed E-state index contributed by atoms with van der Waals surface area (Å²) >= 11 is 0. The third-order valence-electron chi connectivity index (χ3n) is 3.04. The zero-order chi connectivity index (χ0) is 12.5. The zero-order valence-corrected chi connectivity index (χ0v) is 11.0. The van der Waals surface area contributed by atoms with Crippen molar-refractivity contribution in [1.82, 2.24) is 9.46 Å². The molecule has 1 fully saturated rings. The summed E-state index contributed by atoms with van der Waals surface area (Å²) in [6, 6.07) is 1.75. The minimum absolute atomic E-state index is 0.139. The molecule has 0 bridgehead atoms. The van der Waals surface area contributed by atoms with Crippen molar-refractivity contribution in [3.05, 3.63) is 17.5 Å². The average molecular weight is 258 g/mol. The van der Waals surface area contributed by atoms with Crippen molar-refractivity contribution in [1.29, 1.82) is 0 Å². The lowest BCUT2D eigenvalue weighted by molar-refractivity contribution is 0.344. The Morgan fingerprint density at radius 3 is 3.00 bits per heavy atom. The average Bonchev–Trinajstić information content (AvgIpc) is 2.82. The smallest absolute Gasteiger partial charge is 0.211 e. The lowest BCUT2D eigenvalue weighted by Gasteiger charge is -2.19. The highest BCUT2D eigenvalue weighted by Crippen LogP contribution is 2.33. The van der Waals surface area contributed by atoms with Gasteiger partial charge in [-0.25, -0.2) is 8.42 Å². The van der Waals surface area contributed by atoms with Gasteiger partial charge in [0.25, 0.3) is 0 Å². The maximum absolute atomic E-state index is 11.6. The van der Waals surface area contributed by atoms with Gasteiger partial charge in [-0.1, -0.05) is 12.1 Å². The molecular formula is C11H18N2O3S. The van der Waals surface area contributed by atoms with Crippen molar-refractivity contribution in [2.45, 2.75) is 38.6 Å². The molecule has 1 aliphatic rings. The number of hydrogen-bond donors (Lipinski definition) is 0. The molecule has 1 atom stereocenters. The maximum Gasteiger partial charge on any atom is 0.211 e. The molecule has 0 radical (unpaired) electrons. The van der Waals surface area contributed by atoms with Crippen molar-refractivity contribution in [3.63, 3.8) is 0 Å². The molecule has 96 valence electrons. The van der Waals surface area contributed by atoms with Gasteiger partial charge in [0.2, 0.25) is 10.0 Å². The van der Waals surface area contributed by atoms with Crippen molar-refractivity contribution >= 4 is 10.0 Å². The van der Waals surface area contributed by atoms with Crippen molar-refractivity contribution < 1.29 is 12.9 Å². The van der Waals surface area contributed by atoms with Crippen LogP contribution in [-0.4, -0.2) is 30.7 Å². The Labute approximate surface area is 102 Å². The number of hydrogen-bond acceptors (Lipinski definition) is 4. The standard InChI is InChI=1S/C11H18N2O3S/c1-3-5-9-8-10(12-16-9)11-6-4-7-13(11)17(2,14)15/h8,11H,3-7H2,1-2H3/t11-/m1/s1. The molecule has 0 spiro atoms. The number of rotatable bonds is 4. The zero-order valence-electron chi connectivity index (χ0n) is 10.2. The van der Waals surface area contributed by atoms with E-state index in [9.17, 15) is 8.42 Å². The second-order valence-electron chi connectivity index (χ2n) is 4.50. The topological polar surface area (TPSA) is 63.4 Å². The summed E-state index contributed by atoms with van der Waals surface area (Å²) in [6.07, 6.45) is 4.80. The molecule has 0 aliphatic carbocycles. The number of sulfonamides is 1. The van der Waals surface area contributed by atoms with Gasteiger partial charge in [-0.05, 0) is 19.3 Å². The lowest BCUT2D eigenvalue weighted by Crippen LogP contribution is -2.29. The van der Waals surface area contributed by atoms with E-state index in [-0.39, 0.29) is 6.04 Å². The fourth-order valence-electron chi connectivity index (χ4n) is 2.28. The van der Waals surface area contributed by atoms with Crippen LogP contribution in [0.5, 0.6) is 0 Å². The second-order valence-corrected chi connectivity index (χ2v) is 6.43. The molecule has 1 aromatic heterocycles. The van der Waals surface area contributed by atoms with E-state index in [2.05, 4.69) is 12.1 Å².